The Hall–Kier alpha value is -1.32. The summed E-state index contributed by atoms with van der Waals surface area (Å²) in [5.41, 5.74) is -0.147. The van der Waals surface area contributed by atoms with Crippen LogP contribution in [0.2, 0.25) is 0 Å². The molecule has 3 aliphatic rings. The molecule has 0 aromatic carbocycles. The zero-order valence-corrected chi connectivity index (χ0v) is 11.5. The number of fused-ring (bicyclic) bond motifs is 3. The van der Waals surface area contributed by atoms with E-state index in [1.165, 1.54) is 0 Å². The molecule has 0 aromatic heterocycles. The lowest BCUT2D eigenvalue weighted by Crippen LogP contribution is -2.55. The van der Waals surface area contributed by atoms with Crippen molar-refractivity contribution in [2.24, 2.45) is 17.8 Å². The van der Waals surface area contributed by atoms with Gasteiger partial charge in [-0.15, -0.1) is 0 Å². The summed E-state index contributed by atoms with van der Waals surface area (Å²) in [5, 5.41) is 0. The van der Waals surface area contributed by atoms with Gasteiger partial charge in [0.15, 0.2) is 0 Å². The van der Waals surface area contributed by atoms with Crippen LogP contribution in [0.3, 0.4) is 0 Å². The zero-order valence-electron chi connectivity index (χ0n) is 11.5. The molecule has 0 bridgehead atoms. The summed E-state index contributed by atoms with van der Waals surface area (Å²) >= 11 is 0. The summed E-state index contributed by atoms with van der Waals surface area (Å²) in [6, 6.07) is 0. The van der Waals surface area contributed by atoms with Crippen LogP contribution in [-0.4, -0.2) is 23.6 Å². The Morgan fingerprint density at radius 3 is 2.74 bits per heavy atom. The first kappa shape index (κ1) is 12.7. The second kappa shape index (κ2) is 4.09. The van der Waals surface area contributed by atoms with Crippen molar-refractivity contribution >= 4 is 11.9 Å². The normalized spacial score (nSPS) is 45.9. The molecule has 4 nitrogen and oxygen atoms in total. The van der Waals surface area contributed by atoms with E-state index in [1.807, 2.05) is 6.92 Å². The molecule has 0 spiro atoms. The monoisotopic (exact) mass is 264 g/mol. The molecule has 2 saturated heterocycles. The van der Waals surface area contributed by atoms with Crippen molar-refractivity contribution < 1.29 is 19.1 Å². The van der Waals surface area contributed by atoms with Crippen LogP contribution in [0.1, 0.15) is 39.5 Å². The first-order chi connectivity index (χ1) is 8.93. The molecule has 0 radical (unpaired) electrons. The molecule has 1 aliphatic carbocycles. The number of hydrogen-bond acceptors (Lipinski definition) is 4. The van der Waals surface area contributed by atoms with Gasteiger partial charge in [-0.2, -0.15) is 0 Å². The van der Waals surface area contributed by atoms with Gasteiger partial charge in [0.1, 0.15) is 11.7 Å². The Labute approximate surface area is 113 Å². The molecule has 104 valence electrons. The van der Waals surface area contributed by atoms with Crippen LogP contribution in [0.5, 0.6) is 0 Å². The van der Waals surface area contributed by atoms with E-state index in [0.717, 1.165) is 19.3 Å². The molecular formula is C15H20O4. The van der Waals surface area contributed by atoms with Gasteiger partial charge in [0.25, 0.3) is 0 Å². The van der Waals surface area contributed by atoms with Gasteiger partial charge in [-0.1, -0.05) is 13.5 Å². The lowest BCUT2D eigenvalue weighted by atomic mass is 9.72. The van der Waals surface area contributed by atoms with Crippen molar-refractivity contribution in [3.8, 4) is 0 Å². The second-order valence-electron chi connectivity index (χ2n) is 6.32. The van der Waals surface area contributed by atoms with Gasteiger partial charge in [-0.3, -0.25) is 4.79 Å². The summed E-state index contributed by atoms with van der Waals surface area (Å²) in [6.07, 6.45) is 2.85. The van der Waals surface area contributed by atoms with Crippen LogP contribution in [0.4, 0.5) is 0 Å². The number of esters is 2. The zero-order chi connectivity index (χ0) is 13.8. The highest BCUT2D eigenvalue weighted by Gasteiger charge is 2.59. The SMILES string of the molecule is C=C1C(=O)O[C@H]2[C@@H]1CC[C@@H](C)[C@H]1CCC(=O)O[C@]12C. The smallest absolute Gasteiger partial charge is 0.334 e. The third-order valence-electron chi connectivity index (χ3n) is 5.22. The lowest BCUT2D eigenvalue weighted by molar-refractivity contribution is -0.202. The number of hydrogen-bond donors (Lipinski definition) is 0. The molecule has 0 unspecified atom stereocenters. The van der Waals surface area contributed by atoms with Crippen molar-refractivity contribution in [1.82, 2.24) is 0 Å². The standard InChI is InChI=1S/C15H20O4/c1-8-4-5-10-9(2)14(17)18-13(10)15(3)11(8)6-7-12(16)19-15/h8,10-11,13H,2,4-7H2,1,3H3/t8-,10-,11-,13+,15-/m1/s1. The first-order valence-corrected chi connectivity index (χ1v) is 7.05. The summed E-state index contributed by atoms with van der Waals surface area (Å²) < 4.78 is 11.2. The summed E-state index contributed by atoms with van der Waals surface area (Å²) in [7, 11) is 0. The van der Waals surface area contributed by atoms with E-state index in [2.05, 4.69) is 13.5 Å². The third kappa shape index (κ3) is 1.72. The van der Waals surface area contributed by atoms with Gasteiger partial charge in [0, 0.05) is 23.8 Å². The Morgan fingerprint density at radius 2 is 2.00 bits per heavy atom. The Kier molecular flexibility index (Phi) is 2.73. The van der Waals surface area contributed by atoms with Crippen molar-refractivity contribution in [3.63, 3.8) is 0 Å². The van der Waals surface area contributed by atoms with Crippen LogP contribution in [0.15, 0.2) is 12.2 Å². The highest BCUT2D eigenvalue weighted by molar-refractivity contribution is 5.91. The highest BCUT2D eigenvalue weighted by Crippen LogP contribution is 2.50. The molecule has 3 fully saturated rings. The van der Waals surface area contributed by atoms with Gasteiger partial charge in [0.2, 0.25) is 0 Å². The van der Waals surface area contributed by atoms with E-state index >= 15 is 0 Å². The molecule has 4 heteroatoms. The van der Waals surface area contributed by atoms with Gasteiger partial charge < -0.3 is 9.47 Å². The summed E-state index contributed by atoms with van der Waals surface area (Å²) in [4.78, 5) is 23.5. The minimum Gasteiger partial charge on any atom is -0.455 e. The van der Waals surface area contributed by atoms with Gasteiger partial charge >= 0.3 is 11.9 Å². The highest BCUT2D eigenvalue weighted by atomic mass is 16.6. The van der Waals surface area contributed by atoms with Crippen molar-refractivity contribution in [1.29, 1.82) is 0 Å². The van der Waals surface area contributed by atoms with Crippen molar-refractivity contribution in [3.05, 3.63) is 12.2 Å². The van der Waals surface area contributed by atoms with E-state index < -0.39 is 5.60 Å². The fraction of sp³-hybridized carbons (Fsp3) is 0.733. The maximum absolute atomic E-state index is 11.8. The fourth-order valence-electron chi connectivity index (χ4n) is 4.14. The van der Waals surface area contributed by atoms with Gasteiger partial charge in [-0.25, -0.2) is 4.79 Å². The van der Waals surface area contributed by atoms with Crippen LogP contribution >= 0.6 is 0 Å². The minimum atomic E-state index is -0.689. The number of carbonyl (C=O) groups is 2. The largest absolute Gasteiger partial charge is 0.455 e. The number of carbonyl (C=O) groups excluding carboxylic acids is 2. The predicted octanol–water partition coefficient (Wildman–Crippen LogP) is 2.23. The molecule has 2 aliphatic heterocycles. The average Bonchev–Trinajstić information content (AvgIpc) is 2.58. The topological polar surface area (TPSA) is 52.6 Å². The average molecular weight is 264 g/mol. The molecule has 0 N–H and O–H groups in total. The number of ether oxygens (including phenoxy) is 2. The quantitative estimate of drug-likeness (QED) is 0.497. The molecule has 5 atom stereocenters. The lowest BCUT2D eigenvalue weighted by Gasteiger charge is -2.45. The molecular weight excluding hydrogens is 244 g/mol. The van der Waals surface area contributed by atoms with Crippen molar-refractivity contribution in [2.45, 2.75) is 51.2 Å². The predicted molar refractivity (Wildman–Crippen MR) is 68.1 cm³/mol. The van der Waals surface area contributed by atoms with Crippen LogP contribution in [0, 0.1) is 17.8 Å². The Balaban J connectivity index is 2.02. The Morgan fingerprint density at radius 1 is 1.26 bits per heavy atom. The van der Waals surface area contributed by atoms with Crippen LogP contribution in [0.25, 0.3) is 0 Å². The molecule has 0 aromatic rings. The van der Waals surface area contributed by atoms with Gasteiger partial charge in [-0.05, 0) is 32.1 Å². The van der Waals surface area contributed by atoms with E-state index in [0.29, 0.717) is 17.9 Å². The van der Waals surface area contributed by atoms with E-state index in [-0.39, 0.29) is 29.9 Å². The van der Waals surface area contributed by atoms with Crippen LogP contribution in [-0.2, 0) is 19.1 Å². The molecule has 19 heavy (non-hydrogen) atoms. The van der Waals surface area contributed by atoms with Crippen LogP contribution < -0.4 is 0 Å². The molecule has 1 saturated carbocycles. The third-order valence-corrected chi connectivity index (χ3v) is 5.22. The summed E-state index contributed by atoms with van der Waals surface area (Å²) in [5.74, 6) is 0.219. The minimum absolute atomic E-state index is 0.00384. The van der Waals surface area contributed by atoms with Gasteiger partial charge in [0.05, 0.1) is 0 Å². The molecule has 0 amide bonds. The van der Waals surface area contributed by atoms with E-state index in [9.17, 15) is 9.59 Å². The van der Waals surface area contributed by atoms with E-state index in [1.54, 1.807) is 0 Å². The maximum Gasteiger partial charge on any atom is 0.334 e. The molecule has 2 heterocycles. The first-order valence-electron chi connectivity index (χ1n) is 7.05. The second-order valence-corrected chi connectivity index (χ2v) is 6.32. The Bertz CT molecular complexity index is 455. The van der Waals surface area contributed by atoms with E-state index in [4.69, 9.17) is 9.47 Å². The van der Waals surface area contributed by atoms with Crippen molar-refractivity contribution in [2.75, 3.05) is 0 Å². The molecule has 3 rings (SSSR count). The number of rotatable bonds is 0. The summed E-state index contributed by atoms with van der Waals surface area (Å²) in [6.45, 7) is 7.99. The maximum atomic E-state index is 11.8. The fourth-order valence-corrected chi connectivity index (χ4v) is 4.14.